The molecule has 2 aromatic rings. The standard InChI is InChI=1S/C18H20BrNO/c1-4-12(2)14-5-8-16(9-6-14)20-18(21)15-7-10-17(19)13(3)11-15/h5-12H,4H2,1-3H3,(H,20,21). The topological polar surface area (TPSA) is 29.1 Å². The minimum Gasteiger partial charge on any atom is -0.322 e. The molecule has 2 nitrogen and oxygen atoms in total. The van der Waals surface area contributed by atoms with E-state index in [9.17, 15) is 4.79 Å². The maximum atomic E-state index is 12.2. The van der Waals surface area contributed by atoms with E-state index in [4.69, 9.17) is 0 Å². The van der Waals surface area contributed by atoms with Gasteiger partial charge in [-0.3, -0.25) is 4.79 Å². The van der Waals surface area contributed by atoms with Crippen LogP contribution in [-0.4, -0.2) is 5.91 Å². The smallest absolute Gasteiger partial charge is 0.255 e. The van der Waals surface area contributed by atoms with Gasteiger partial charge in [-0.05, 0) is 60.7 Å². The molecule has 0 aliphatic rings. The molecule has 0 fully saturated rings. The zero-order valence-corrected chi connectivity index (χ0v) is 14.2. The molecule has 0 saturated heterocycles. The van der Waals surface area contributed by atoms with Crippen LogP contribution in [0, 0.1) is 6.92 Å². The second-order valence-corrected chi connectivity index (χ2v) is 6.20. The Hall–Kier alpha value is -1.61. The summed E-state index contributed by atoms with van der Waals surface area (Å²) < 4.78 is 1.01. The summed E-state index contributed by atoms with van der Waals surface area (Å²) in [6.45, 7) is 6.36. The molecule has 1 atom stereocenters. The fourth-order valence-electron chi connectivity index (χ4n) is 2.12. The second kappa shape index (κ2) is 6.90. The van der Waals surface area contributed by atoms with Crippen molar-refractivity contribution < 1.29 is 4.79 Å². The number of rotatable bonds is 4. The van der Waals surface area contributed by atoms with Crippen molar-refractivity contribution in [1.82, 2.24) is 0 Å². The third-order valence-electron chi connectivity index (χ3n) is 3.77. The van der Waals surface area contributed by atoms with Crippen LogP contribution < -0.4 is 5.32 Å². The van der Waals surface area contributed by atoms with Crippen molar-refractivity contribution in [3.63, 3.8) is 0 Å². The van der Waals surface area contributed by atoms with E-state index >= 15 is 0 Å². The Morgan fingerprint density at radius 3 is 2.43 bits per heavy atom. The van der Waals surface area contributed by atoms with E-state index in [2.05, 4.69) is 47.2 Å². The lowest BCUT2D eigenvalue weighted by molar-refractivity contribution is 0.102. The van der Waals surface area contributed by atoms with Crippen LogP contribution >= 0.6 is 15.9 Å². The minimum absolute atomic E-state index is 0.0816. The number of hydrogen-bond acceptors (Lipinski definition) is 1. The van der Waals surface area contributed by atoms with E-state index in [0.717, 1.165) is 22.1 Å². The third kappa shape index (κ3) is 3.94. The summed E-state index contributed by atoms with van der Waals surface area (Å²) in [6, 6.07) is 13.7. The normalized spacial score (nSPS) is 12.0. The largest absolute Gasteiger partial charge is 0.322 e. The summed E-state index contributed by atoms with van der Waals surface area (Å²) in [5.41, 5.74) is 3.85. The number of halogens is 1. The Morgan fingerprint density at radius 1 is 1.19 bits per heavy atom. The lowest BCUT2D eigenvalue weighted by Gasteiger charge is -2.11. The molecule has 0 bridgehead atoms. The van der Waals surface area contributed by atoms with Crippen LogP contribution in [0.3, 0.4) is 0 Å². The van der Waals surface area contributed by atoms with Crippen molar-refractivity contribution in [2.45, 2.75) is 33.1 Å². The highest BCUT2D eigenvalue weighted by Crippen LogP contribution is 2.21. The van der Waals surface area contributed by atoms with Crippen molar-refractivity contribution in [3.8, 4) is 0 Å². The molecule has 0 aliphatic heterocycles. The van der Waals surface area contributed by atoms with Crippen LogP contribution in [-0.2, 0) is 0 Å². The third-order valence-corrected chi connectivity index (χ3v) is 4.66. The van der Waals surface area contributed by atoms with Gasteiger partial charge in [-0.15, -0.1) is 0 Å². The summed E-state index contributed by atoms with van der Waals surface area (Å²) in [5.74, 6) is 0.464. The van der Waals surface area contributed by atoms with Gasteiger partial charge in [0, 0.05) is 15.7 Å². The van der Waals surface area contributed by atoms with Gasteiger partial charge in [0.15, 0.2) is 0 Å². The molecule has 3 heteroatoms. The molecule has 0 heterocycles. The molecular formula is C18H20BrNO. The molecule has 0 aliphatic carbocycles. The summed E-state index contributed by atoms with van der Waals surface area (Å²) in [7, 11) is 0. The highest BCUT2D eigenvalue weighted by atomic mass is 79.9. The van der Waals surface area contributed by atoms with Gasteiger partial charge in [0.25, 0.3) is 5.91 Å². The Balaban J connectivity index is 2.10. The van der Waals surface area contributed by atoms with Gasteiger partial charge in [0.2, 0.25) is 0 Å². The Bertz CT molecular complexity index is 634. The molecule has 110 valence electrons. The van der Waals surface area contributed by atoms with Gasteiger partial charge in [-0.1, -0.05) is 41.9 Å². The van der Waals surface area contributed by atoms with Crippen molar-refractivity contribution in [2.24, 2.45) is 0 Å². The SMILES string of the molecule is CCC(C)c1ccc(NC(=O)c2ccc(Br)c(C)c2)cc1. The van der Waals surface area contributed by atoms with Crippen LogP contribution in [0.1, 0.15) is 47.7 Å². The predicted octanol–water partition coefficient (Wildman–Crippen LogP) is 5.52. The van der Waals surface area contributed by atoms with Crippen molar-refractivity contribution in [2.75, 3.05) is 5.32 Å². The molecule has 2 rings (SSSR count). The first-order chi connectivity index (χ1) is 10.0. The molecule has 2 aromatic carbocycles. The predicted molar refractivity (Wildman–Crippen MR) is 92.0 cm³/mol. The molecule has 0 saturated carbocycles. The number of carbonyl (C=O) groups excluding carboxylic acids is 1. The molecule has 21 heavy (non-hydrogen) atoms. The molecule has 0 radical (unpaired) electrons. The van der Waals surface area contributed by atoms with E-state index in [0.29, 0.717) is 11.5 Å². The first-order valence-electron chi connectivity index (χ1n) is 7.18. The second-order valence-electron chi connectivity index (χ2n) is 5.35. The molecule has 1 unspecified atom stereocenters. The number of amides is 1. The molecule has 1 N–H and O–H groups in total. The maximum Gasteiger partial charge on any atom is 0.255 e. The van der Waals surface area contributed by atoms with E-state index in [1.165, 1.54) is 5.56 Å². The van der Waals surface area contributed by atoms with Crippen LogP contribution in [0.25, 0.3) is 0 Å². The van der Waals surface area contributed by atoms with Crippen LogP contribution in [0.4, 0.5) is 5.69 Å². The van der Waals surface area contributed by atoms with E-state index in [1.807, 2.05) is 37.3 Å². The Kier molecular flexibility index (Phi) is 5.18. The molecule has 0 spiro atoms. The highest BCUT2D eigenvalue weighted by Gasteiger charge is 2.08. The number of aryl methyl sites for hydroxylation is 1. The Labute approximate surface area is 134 Å². The average Bonchev–Trinajstić information content (AvgIpc) is 2.50. The van der Waals surface area contributed by atoms with E-state index in [1.54, 1.807) is 0 Å². The summed E-state index contributed by atoms with van der Waals surface area (Å²) in [5, 5.41) is 2.93. The average molecular weight is 346 g/mol. The van der Waals surface area contributed by atoms with Gasteiger partial charge in [-0.25, -0.2) is 0 Å². The zero-order chi connectivity index (χ0) is 15.4. The van der Waals surface area contributed by atoms with Crippen LogP contribution in [0.2, 0.25) is 0 Å². The highest BCUT2D eigenvalue weighted by molar-refractivity contribution is 9.10. The number of nitrogens with one attached hydrogen (secondary N) is 1. The van der Waals surface area contributed by atoms with Crippen LogP contribution in [0.5, 0.6) is 0 Å². The lowest BCUT2D eigenvalue weighted by Crippen LogP contribution is -2.12. The first kappa shape index (κ1) is 15.8. The Morgan fingerprint density at radius 2 is 1.86 bits per heavy atom. The number of anilines is 1. The van der Waals surface area contributed by atoms with E-state index < -0.39 is 0 Å². The number of hydrogen-bond donors (Lipinski definition) is 1. The van der Waals surface area contributed by atoms with E-state index in [-0.39, 0.29) is 5.91 Å². The minimum atomic E-state index is -0.0816. The van der Waals surface area contributed by atoms with Crippen molar-refractivity contribution in [3.05, 3.63) is 63.6 Å². The maximum absolute atomic E-state index is 12.2. The molecule has 0 aromatic heterocycles. The zero-order valence-electron chi connectivity index (χ0n) is 12.6. The van der Waals surface area contributed by atoms with Gasteiger partial charge >= 0.3 is 0 Å². The van der Waals surface area contributed by atoms with Gasteiger partial charge in [-0.2, -0.15) is 0 Å². The van der Waals surface area contributed by atoms with Gasteiger partial charge < -0.3 is 5.32 Å². The summed E-state index contributed by atoms with van der Waals surface area (Å²) in [6.07, 6.45) is 1.11. The lowest BCUT2D eigenvalue weighted by atomic mass is 9.98. The number of benzene rings is 2. The van der Waals surface area contributed by atoms with Gasteiger partial charge in [0.05, 0.1) is 0 Å². The summed E-state index contributed by atoms with van der Waals surface area (Å²) in [4.78, 5) is 12.2. The molecular weight excluding hydrogens is 326 g/mol. The number of carbonyl (C=O) groups is 1. The fourth-order valence-corrected chi connectivity index (χ4v) is 2.37. The van der Waals surface area contributed by atoms with Crippen molar-refractivity contribution in [1.29, 1.82) is 0 Å². The quantitative estimate of drug-likeness (QED) is 0.776. The summed E-state index contributed by atoms with van der Waals surface area (Å²) >= 11 is 3.44. The van der Waals surface area contributed by atoms with Crippen LogP contribution in [0.15, 0.2) is 46.9 Å². The monoisotopic (exact) mass is 345 g/mol. The van der Waals surface area contributed by atoms with Gasteiger partial charge in [0.1, 0.15) is 0 Å². The van der Waals surface area contributed by atoms with Crippen molar-refractivity contribution >= 4 is 27.5 Å². The fraction of sp³-hybridized carbons (Fsp3) is 0.278. The first-order valence-corrected chi connectivity index (χ1v) is 7.98. The molecule has 1 amide bonds.